The second-order valence-corrected chi connectivity index (χ2v) is 24.6. The quantitative estimate of drug-likeness (QED) is 0.166. The molecule has 0 spiro atoms. The van der Waals surface area contributed by atoms with Gasteiger partial charge in [0, 0.05) is 37.8 Å². The van der Waals surface area contributed by atoms with Crippen LogP contribution in [-0.2, 0) is 25.9 Å². The van der Waals surface area contributed by atoms with E-state index in [0.717, 1.165) is 89.1 Å². The van der Waals surface area contributed by atoms with Crippen molar-refractivity contribution in [2.24, 2.45) is 0 Å². The highest BCUT2D eigenvalue weighted by Gasteiger charge is 2.59. The van der Waals surface area contributed by atoms with Crippen LogP contribution in [0.25, 0.3) is 0 Å². The number of hydrogen-bond acceptors (Lipinski definition) is 6. The van der Waals surface area contributed by atoms with Crippen molar-refractivity contribution in [2.45, 2.75) is 117 Å². The molecule has 1 heterocycles. The average molecular weight is 525 g/mol. The molecule has 1 fully saturated rings. The topological polar surface area (TPSA) is 55.4 Å². The summed E-state index contributed by atoms with van der Waals surface area (Å²) in [6, 6.07) is 0. The largest absolute Gasteiger partial charge is 0.415 e. The van der Waals surface area contributed by atoms with E-state index in [1.165, 1.54) is 0 Å². The fraction of sp³-hybridized carbons (Fsp3) is 1.00. The zero-order chi connectivity index (χ0) is 24.1. The summed E-state index contributed by atoms with van der Waals surface area (Å²) < 4.78 is 40.2. The molecule has 0 aliphatic carbocycles. The molecule has 1 aliphatic rings. The first-order chi connectivity index (χ1) is 15.1. The lowest BCUT2D eigenvalue weighted by Crippen LogP contribution is -2.66. The Morgan fingerprint density at radius 2 is 0.688 bits per heavy atom. The molecular formula is C22H52O6Si4. The molecule has 1 aliphatic heterocycles. The van der Waals surface area contributed by atoms with Crippen LogP contribution in [0.5, 0.6) is 0 Å². The smallest absolute Gasteiger partial charge is 0.328 e. The molecule has 0 bridgehead atoms. The van der Waals surface area contributed by atoms with Crippen molar-refractivity contribution in [1.29, 1.82) is 0 Å². The third-order valence-corrected chi connectivity index (χ3v) is 26.2. The van der Waals surface area contributed by atoms with Gasteiger partial charge in [0.1, 0.15) is 0 Å². The highest BCUT2D eigenvalue weighted by Crippen LogP contribution is 2.38. The Hall–Kier alpha value is 0.628. The van der Waals surface area contributed by atoms with Crippen LogP contribution < -0.4 is 0 Å². The van der Waals surface area contributed by atoms with Crippen molar-refractivity contribution in [3.05, 3.63) is 0 Å². The van der Waals surface area contributed by atoms with Crippen LogP contribution in [0.4, 0.5) is 0 Å². The predicted octanol–water partition coefficient (Wildman–Crippen LogP) is 6.67. The van der Waals surface area contributed by atoms with E-state index >= 15 is 0 Å². The molecule has 0 aromatic heterocycles. The van der Waals surface area contributed by atoms with Crippen LogP contribution >= 0.6 is 0 Å². The molecule has 4 unspecified atom stereocenters. The fourth-order valence-electron chi connectivity index (χ4n) is 4.28. The summed E-state index contributed by atoms with van der Waals surface area (Å²) in [5.41, 5.74) is 1.54. The van der Waals surface area contributed by atoms with Gasteiger partial charge in [-0.05, 0) is 51.9 Å². The molecule has 192 valence electrons. The lowest BCUT2D eigenvalue weighted by molar-refractivity contribution is 0.159. The van der Waals surface area contributed by atoms with E-state index < -0.39 is 34.2 Å². The molecule has 0 N–H and O–H groups in total. The number of unbranched alkanes of at least 4 members (excludes halogenated alkanes) is 4. The van der Waals surface area contributed by atoms with Crippen molar-refractivity contribution in [3.8, 4) is 0 Å². The van der Waals surface area contributed by atoms with Crippen LogP contribution in [0.2, 0.25) is 37.5 Å². The van der Waals surface area contributed by atoms with E-state index in [1.807, 2.05) is 0 Å². The second kappa shape index (κ2) is 14.9. The molecule has 6 nitrogen and oxygen atoms in total. The van der Waals surface area contributed by atoms with Crippen LogP contribution in [0, 0.1) is 0 Å². The molecule has 0 aromatic carbocycles. The van der Waals surface area contributed by atoms with Gasteiger partial charge in [-0.1, -0.05) is 53.4 Å². The second-order valence-electron chi connectivity index (χ2n) is 9.90. The zero-order valence-electron chi connectivity index (χ0n) is 22.3. The van der Waals surface area contributed by atoms with Gasteiger partial charge in [0.05, 0.1) is 0 Å². The van der Waals surface area contributed by atoms with Crippen molar-refractivity contribution in [3.63, 3.8) is 0 Å². The molecule has 0 amide bonds. The van der Waals surface area contributed by atoms with Crippen LogP contribution in [-0.4, -0.2) is 60.7 Å². The van der Waals surface area contributed by atoms with Crippen molar-refractivity contribution < 1.29 is 25.9 Å². The minimum absolute atomic E-state index is 0.736. The Balaban J connectivity index is 3.21. The van der Waals surface area contributed by atoms with Gasteiger partial charge in [0.2, 0.25) is 0 Å². The maximum atomic E-state index is 7.03. The van der Waals surface area contributed by atoms with Gasteiger partial charge < -0.3 is 25.9 Å². The van der Waals surface area contributed by atoms with Gasteiger partial charge in [-0.15, -0.1) is 0 Å². The molecule has 0 aromatic rings. The molecule has 1 saturated heterocycles. The van der Waals surface area contributed by atoms with Gasteiger partial charge in [-0.3, -0.25) is 0 Å². The lowest BCUT2D eigenvalue weighted by atomic mass is 10.4. The van der Waals surface area contributed by atoms with E-state index in [1.54, 1.807) is 0 Å². The first kappa shape index (κ1) is 30.7. The highest BCUT2D eigenvalue weighted by molar-refractivity contribution is 6.98. The van der Waals surface area contributed by atoms with Gasteiger partial charge in [0.15, 0.2) is 0 Å². The van der Waals surface area contributed by atoms with Crippen molar-refractivity contribution in [2.75, 3.05) is 26.4 Å². The molecular weight excluding hydrogens is 473 g/mol. The Bertz CT molecular complexity index is 415. The van der Waals surface area contributed by atoms with E-state index in [0.29, 0.717) is 0 Å². The molecule has 10 heteroatoms. The summed E-state index contributed by atoms with van der Waals surface area (Å²) in [6.45, 7) is 20.5. The Morgan fingerprint density at radius 3 is 0.875 bits per heavy atom. The maximum Gasteiger partial charge on any atom is 0.328 e. The normalized spacial score (nSPS) is 33.8. The SMILES string of the molecule is CCCCO[Si]1(C)C[Si](C)(OCCCC)O[Si](C)(OCCCC)C[Si](C)(OCCCC)O1. The van der Waals surface area contributed by atoms with Gasteiger partial charge >= 0.3 is 34.2 Å². The zero-order valence-corrected chi connectivity index (χ0v) is 26.3. The Labute approximate surface area is 203 Å². The minimum Gasteiger partial charge on any atom is -0.415 e. The molecule has 0 radical (unpaired) electrons. The van der Waals surface area contributed by atoms with Crippen molar-refractivity contribution in [1.82, 2.24) is 0 Å². The highest BCUT2D eigenvalue weighted by atomic mass is 28.5. The maximum absolute atomic E-state index is 7.03. The van der Waals surface area contributed by atoms with Crippen LogP contribution in [0.15, 0.2) is 0 Å². The van der Waals surface area contributed by atoms with E-state index in [9.17, 15) is 0 Å². The third kappa shape index (κ3) is 11.4. The number of hydrogen-bond donors (Lipinski definition) is 0. The number of rotatable bonds is 16. The Morgan fingerprint density at radius 1 is 0.469 bits per heavy atom. The standard InChI is InChI=1S/C22H52O6Si4/c1-9-13-17-23-29(5)21-30(6,24-18-14-10-2)28-32(8,26-20-16-12-4)22-31(7,27-29)25-19-15-11-3/h9-22H2,1-8H3. The summed E-state index contributed by atoms with van der Waals surface area (Å²) >= 11 is 0. The van der Waals surface area contributed by atoms with Gasteiger partial charge in [0.25, 0.3) is 0 Å². The summed E-state index contributed by atoms with van der Waals surface area (Å²) in [6.07, 6.45) is 8.63. The minimum atomic E-state index is -2.53. The van der Waals surface area contributed by atoms with Crippen LogP contribution in [0.3, 0.4) is 0 Å². The van der Waals surface area contributed by atoms with E-state index in [4.69, 9.17) is 25.9 Å². The lowest BCUT2D eigenvalue weighted by Gasteiger charge is -2.48. The monoisotopic (exact) mass is 524 g/mol. The van der Waals surface area contributed by atoms with Gasteiger partial charge in [-0.2, -0.15) is 0 Å². The average Bonchev–Trinajstić information content (AvgIpc) is 2.67. The molecule has 4 atom stereocenters. The predicted molar refractivity (Wildman–Crippen MR) is 142 cm³/mol. The van der Waals surface area contributed by atoms with E-state index in [2.05, 4.69) is 53.9 Å². The molecule has 0 saturated carbocycles. The van der Waals surface area contributed by atoms with Crippen molar-refractivity contribution >= 4 is 34.2 Å². The third-order valence-electron chi connectivity index (χ3n) is 5.77. The fourth-order valence-corrected chi connectivity index (χ4v) is 29.5. The summed E-state index contributed by atoms with van der Waals surface area (Å²) in [7, 11) is -10.1. The van der Waals surface area contributed by atoms with Gasteiger partial charge in [-0.25, -0.2) is 0 Å². The van der Waals surface area contributed by atoms with Crippen LogP contribution in [0.1, 0.15) is 79.1 Å². The Kier molecular flexibility index (Phi) is 14.3. The summed E-state index contributed by atoms with van der Waals surface area (Å²) in [5.74, 6) is 0. The molecule has 32 heavy (non-hydrogen) atoms. The summed E-state index contributed by atoms with van der Waals surface area (Å²) in [5, 5.41) is 0. The first-order valence-corrected chi connectivity index (χ1v) is 23.1. The van der Waals surface area contributed by atoms with E-state index in [-0.39, 0.29) is 0 Å². The summed E-state index contributed by atoms with van der Waals surface area (Å²) in [4.78, 5) is 0. The molecule has 1 rings (SSSR count). The first-order valence-electron chi connectivity index (χ1n) is 13.0.